The first-order valence-electron chi connectivity index (χ1n) is 10.6. The van der Waals surface area contributed by atoms with Gasteiger partial charge in [0.05, 0.1) is 24.8 Å². The van der Waals surface area contributed by atoms with E-state index < -0.39 is 0 Å². The molecule has 27 heavy (non-hydrogen) atoms. The number of benzene rings is 1. The molecule has 1 saturated heterocycles. The zero-order valence-electron chi connectivity index (χ0n) is 16.6. The Labute approximate surface area is 162 Å². The van der Waals surface area contributed by atoms with Crippen LogP contribution in [-0.2, 0) is 4.74 Å². The predicted molar refractivity (Wildman–Crippen MR) is 106 cm³/mol. The molecule has 2 aliphatic carbocycles. The zero-order chi connectivity index (χ0) is 18.4. The summed E-state index contributed by atoms with van der Waals surface area (Å²) in [7, 11) is 0. The van der Waals surface area contributed by atoms with Crippen LogP contribution in [0.1, 0.15) is 43.2 Å². The lowest BCUT2D eigenvalue weighted by Crippen LogP contribution is -3.25. The van der Waals surface area contributed by atoms with Crippen molar-refractivity contribution in [1.29, 1.82) is 0 Å². The van der Waals surface area contributed by atoms with Gasteiger partial charge in [-0.1, -0.05) is 22.9 Å². The number of quaternary nitrogens is 1. The number of morpholine rings is 1. The lowest BCUT2D eigenvalue weighted by molar-refractivity contribution is -0.961. The van der Waals surface area contributed by atoms with E-state index in [0.717, 1.165) is 32.7 Å². The molecule has 0 aromatic heterocycles. The van der Waals surface area contributed by atoms with Crippen LogP contribution in [0.4, 0.5) is 5.69 Å². The number of anilines is 1. The molecule has 2 heterocycles. The zero-order valence-corrected chi connectivity index (χ0v) is 16.6. The maximum Gasteiger partial charge on any atom is 0.225 e. The molecule has 5 nitrogen and oxygen atoms in total. The second-order valence-electron chi connectivity index (χ2n) is 8.64. The number of ether oxygens (including phenoxy) is 1. The quantitative estimate of drug-likeness (QED) is 0.835. The first-order chi connectivity index (χ1) is 13.2. The van der Waals surface area contributed by atoms with E-state index in [1.54, 1.807) is 10.5 Å². The molecule has 1 aromatic carbocycles. The van der Waals surface area contributed by atoms with Gasteiger partial charge in [0.15, 0.2) is 0 Å². The maximum atomic E-state index is 5.73. The van der Waals surface area contributed by atoms with Crippen molar-refractivity contribution < 1.29 is 9.64 Å². The normalized spacial score (nSPS) is 33.6. The summed E-state index contributed by atoms with van der Waals surface area (Å²) in [5, 5.41) is 12.0. The third-order valence-electron chi connectivity index (χ3n) is 7.32. The summed E-state index contributed by atoms with van der Waals surface area (Å²) < 4.78 is 5.73. The molecule has 5 heteroatoms. The van der Waals surface area contributed by atoms with Crippen molar-refractivity contribution in [2.45, 2.75) is 57.7 Å². The number of hydrogen-bond acceptors (Lipinski definition) is 4. The van der Waals surface area contributed by atoms with E-state index in [9.17, 15) is 0 Å². The Kier molecular flexibility index (Phi) is 4.32. The van der Waals surface area contributed by atoms with Gasteiger partial charge >= 0.3 is 0 Å². The molecule has 5 rings (SSSR count). The van der Waals surface area contributed by atoms with E-state index in [0.29, 0.717) is 12.0 Å². The number of rotatable bonds is 3. The fourth-order valence-electron chi connectivity index (χ4n) is 5.87. The van der Waals surface area contributed by atoms with Gasteiger partial charge in [0.25, 0.3) is 0 Å². The van der Waals surface area contributed by atoms with Crippen LogP contribution in [-0.4, -0.2) is 38.0 Å². The van der Waals surface area contributed by atoms with E-state index in [1.165, 1.54) is 42.5 Å². The summed E-state index contributed by atoms with van der Waals surface area (Å²) in [5.74, 6) is 0.551. The van der Waals surface area contributed by atoms with Crippen LogP contribution < -0.4 is 9.91 Å². The van der Waals surface area contributed by atoms with Gasteiger partial charge in [0.1, 0.15) is 19.1 Å². The minimum atomic E-state index is -0.0678. The Balaban J connectivity index is 1.62. The molecule has 0 spiro atoms. The monoisotopic (exact) mass is 367 g/mol. The van der Waals surface area contributed by atoms with Crippen molar-refractivity contribution >= 4 is 5.69 Å². The second-order valence-corrected chi connectivity index (χ2v) is 8.64. The highest BCUT2D eigenvalue weighted by atomic mass is 16.5. The highest BCUT2D eigenvalue weighted by Crippen LogP contribution is 2.49. The summed E-state index contributed by atoms with van der Waals surface area (Å²) in [5.41, 5.74) is 5.46. The fourth-order valence-corrected chi connectivity index (χ4v) is 5.87. The minimum absolute atomic E-state index is 0.0678. The summed E-state index contributed by atoms with van der Waals surface area (Å²) in [4.78, 5) is 1.62. The maximum absolute atomic E-state index is 5.73. The Morgan fingerprint density at radius 2 is 2.00 bits per heavy atom. The third-order valence-corrected chi connectivity index (χ3v) is 7.32. The minimum Gasteiger partial charge on any atom is -0.370 e. The van der Waals surface area contributed by atoms with Gasteiger partial charge in [-0.25, -0.2) is 0 Å². The van der Waals surface area contributed by atoms with Gasteiger partial charge in [-0.15, -0.1) is 0 Å². The molecule has 1 saturated carbocycles. The van der Waals surface area contributed by atoms with Crippen LogP contribution in [0.2, 0.25) is 0 Å². The van der Waals surface area contributed by atoms with Gasteiger partial charge < -0.3 is 9.64 Å². The fraction of sp³-hybridized carbons (Fsp3) is 0.636. The molecule has 1 N–H and O–H groups in total. The number of nitrogens with one attached hydrogen (secondary N) is 1. The molecule has 144 valence electrons. The van der Waals surface area contributed by atoms with Crippen molar-refractivity contribution in [2.75, 3.05) is 31.3 Å². The highest BCUT2D eigenvalue weighted by molar-refractivity contribution is 5.53. The summed E-state index contributed by atoms with van der Waals surface area (Å²) in [6.07, 6.45) is 8.71. The van der Waals surface area contributed by atoms with Crippen LogP contribution in [0.3, 0.4) is 0 Å². The standard InChI is InChI=1S/C22H30N4O/c1-16-7-8-19(15-17(16)2)26-22(25-11-13-27-14-12-25)20(18-5-3-4-6-18)9-10-21(22)23-24-26/h5,7-8,15,20-21H,3-4,6,9-14H2,1-2H3/p+1/t20-,21-,22+/m0/s1. The van der Waals surface area contributed by atoms with Crippen LogP contribution in [0.5, 0.6) is 0 Å². The van der Waals surface area contributed by atoms with Gasteiger partial charge in [0.2, 0.25) is 5.66 Å². The number of nitrogens with zero attached hydrogens (tertiary/aromatic N) is 3. The number of allylic oxidation sites excluding steroid dienone is 1. The molecule has 0 radical (unpaired) electrons. The average molecular weight is 368 g/mol. The Bertz CT molecular complexity index is 783. The summed E-state index contributed by atoms with van der Waals surface area (Å²) in [6.45, 7) is 8.16. The molecule has 3 atom stereocenters. The molecule has 1 aromatic rings. The molecule has 2 aliphatic heterocycles. The molecule has 0 amide bonds. The largest absolute Gasteiger partial charge is 0.370 e. The van der Waals surface area contributed by atoms with E-state index in [-0.39, 0.29) is 5.66 Å². The third kappa shape index (κ3) is 2.59. The van der Waals surface area contributed by atoms with Crippen molar-refractivity contribution in [3.8, 4) is 0 Å². The molecule has 0 unspecified atom stereocenters. The highest BCUT2D eigenvalue weighted by Gasteiger charge is 2.66. The predicted octanol–water partition coefficient (Wildman–Crippen LogP) is 2.99. The van der Waals surface area contributed by atoms with E-state index >= 15 is 0 Å². The van der Waals surface area contributed by atoms with Crippen molar-refractivity contribution in [3.63, 3.8) is 0 Å². The first kappa shape index (κ1) is 17.4. The Morgan fingerprint density at radius 1 is 1.15 bits per heavy atom. The van der Waals surface area contributed by atoms with Crippen LogP contribution in [0.25, 0.3) is 0 Å². The molecular formula is C22H31N4O+. The van der Waals surface area contributed by atoms with Crippen molar-refractivity contribution in [3.05, 3.63) is 41.0 Å². The number of hydrogen-bond donors (Lipinski definition) is 1. The van der Waals surface area contributed by atoms with Gasteiger partial charge in [-0.2, -0.15) is 10.1 Å². The van der Waals surface area contributed by atoms with Gasteiger partial charge in [-0.05, 0) is 69.2 Å². The molecule has 4 aliphatic rings. The second kappa shape index (κ2) is 6.71. The Hall–Kier alpha value is -1.72. The van der Waals surface area contributed by atoms with Crippen molar-refractivity contribution in [2.24, 2.45) is 16.3 Å². The summed E-state index contributed by atoms with van der Waals surface area (Å²) in [6, 6.07) is 7.06. The molecule has 2 fully saturated rings. The average Bonchev–Trinajstić information content (AvgIpc) is 3.40. The van der Waals surface area contributed by atoms with Gasteiger partial charge in [-0.3, -0.25) is 0 Å². The van der Waals surface area contributed by atoms with Crippen LogP contribution in [0.15, 0.2) is 40.2 Å². The topological polar surface area (TPSA) is 41.6 Å². The lowest BCUT2D eigenvalue weighted by atomic mass is 9.84. The molecule has 0 bridgehead atoms. The summed E-state index contributed by atoms with van der Waals surface area (Å²) >= 11 is 0. The van der Waals surface area contributed by atoms with Crippen LogP contribution in [0, 0.1) is 19.8 Å². The smallest absolute Gasteiger partial charge is 0.225 e. The van der Waals surface area contributed by atoms with Crippen LogP contribution >= 0.6 is 0 Å². The lowest BCUT2D eigenvalue weighted by Gasteiger charge is -2.47. The van der Waals surface area contributed by atoms with Gasteiger partial charge in [0, 0.05) is 0 Å². The van der Waals surface area contributed by atoms with E-state index in [1.807, 2.05) is 0 Å². The molecular weight excluding hydrogens is 336 g/mol. The first-order valence-corrected chi connectivity index (χ1v) is 10.6. The SMILES string of the molecule is Cc1ccc(N2N=N[C@H]3CC[C@@H](C4=CCCC4)[C@]32[NH+]2CCOCC2)cc1C. The van der Waals surface area contributed by atoms with E-state index in [4.69, 9.17) is 15.1 Å². The van der Waals surface area contributed by atoms with E-state index in [2.05, 4.69) is 43.1 Å². The number of fused-ring (bicyclic) bond motifs is 1. The van der Waals surface area contributed by atoms with Crippen molar-refractivity contribution in [1.82, 2.24) is 0 Å². The number of aryl methyl sites for hydroxylation is 2. The Morgan fingerprint density at radius 3 is 2.74 bits per heavy atom.